The minimum atomic E-state index is -4.13. The quantitative estimate of drug-likeness (QED) is 0.346. The predicted molar refractivity (Wildman–Crippen MR) is 146 cm³/mol. The van der Waals surface area contributed by atoms with Gasteiger partial charge >= 0.3 is 6.09 Å². The van der Waals surface area contributed by atoms with Crippen molar-refractivity contribution < 1.29 is 41.6 Å². The Morgan fingerprint density at radius 2 is 1.80 bits per heavy atom. The van der Waals surface area contributed by atoms with Gasteiger partial charge in [-0.1, -0.05) is 50.3 Å². The lowest BCUT2D eigenvalue weighted by atomic mass is 10.0. The minimum absolute atomic E-state index is 0.0280. The van der Waals surface area contributed by atoms with Gasteiger partial charge in [-0.05, 0) is 39.3 Å². The number of morpholine rings is 1. The lowest BCUT2D eigenvalue weighted by Crippen LogP contribution is -2.52. The first-order chi connectivity index (χ1) is 19.1. The van der Waals surface area contributed by atoms with E-state index < -0.39 is 52.6 Å². The van der Waals surface area contributed by atoms with Gasteiger partial charge in [0, 0.05) is 26.2 Å². The molecular formula is C28H44N2O9S. The largest absolute Gasteiger partial charge is 0.441 e. The highest BCUT2D eigenvalue weighted by Gasteiger charge is 2.58. The number of sulfonamides is 1. The van der Waals surface area contributed by atoms with Gasteiger partial charge in [-0.3, -0.25) is 4.90 Å². The summed E-state index contributed by atoms with van der Waals surface area (Å²) in [6.45, 7) is 10.9. The van der Waals surface area contributed by atoms with E-state index in [4.69, 9.17) is 28.4 Å². The molecule has 3 heterocycles. The summed E-state index contributed by atoms with van der Waals surface area (Å²) in [6.07, 6.45) is 0.991. The molecule has 3 fully saturated rings. The summed E-state index contributed by atoms with van der Waals surface area (Å²) in [5, 5.41) is 0. The van der Waals surface area contributed by atoms with Crippen molar-refractivity contribution in [1.82, 2.24) is 9.62 Å². The molecule has 3 saturated heterocycles. The molecule has 1 aromatic rings. The van der Waals surface area contributed by atoms with Gasteiger partial charge in [0.1, 0.15) is 24.4 Å². The summed E-state index contributed by atoms with van der Waals surface area (Å²) in [5.74, 6) is -0.844. The average molecular weight is 585 g/mol. The van der Waals surface area contributed by atoms with Gasteiger partial charge < -0.3 is 28.4 Å². The van der Waals surface area contributed by atoms with E-state index in [0.29, 0.717) is 39.5 Å². The molecule has 12 heteroatoms. The smallest absolute Gasteiger partial charge is 0.421 e. The monoisotopic (exact) mass is 584 g/mol. The molecule has 0 saturated carbocycles. The van der Waals surface area contributed by atoms with Crippen LogP contribution in [0.15, 0.2) is 29.2 Å². The third kappa shape index (κ3) is 8.37. The van der Waals surface area contributed by atoms with Crippen LogP contribution < -0.4 is 4.72 Å². The molecule has 5 atom stereocenters. The van der Waals surface area contributed by atoms with Crippen LogP contribution >= 0.6 is 0 Å². The van der Waals surface area contributed by atoms with E-state index in [2.05, 4.69) is 11.8 Å². The number of fused-ring (bicyclic) bond motifs is 1. The SMILES string of the molecule is CCCCCCCO[C@@H]1[C@H]2OC(C)(C)O[C@H]2O[C@@H]1C(CN1CCOCC1)OC(=O)NS(=O)(=O)c1ccc(C)cc1. The highest BCUT2D eigenvalue weighted by molar-refractivity contribution is 7.90. The van der Waals surface area contributed by atoms with Crippen LogP contribution in [0, 0.1) is 6.92 Å². The number of aryl methyl sites for hydroxylation is 1. The molecule has 0 aliphatic carbocycles. The van der Waals surface area contributed by atoms with Crippen LogP contribution in [0.5, 0.6) is 0 Å². The molecule has 0 aromatic heterocycles. The molecule has 11 nitrogen and oxygen atoms in total. The summed E-state index contributed by atoms with van der Waals surface area (Å²) in [7, 11) is -4.13. The van der Waals surface area contributed by atoms with Crippen LogP contribution in [-0.4, -0.2) is 95.4 Å². The van der Waals surface area contributed by atoms with Gasteiger partial charge in [0.05, 0.1) is 18.1 Å². The van der Waals surface area contributed by atoms with Gasteiger partial charge in [0.15, 0.2) is 12.1 Å². The van der Waals surface area contributed by atoms with E-state index in [1.165, 1.54) is 18.6 Å². The van der Waals surface area contributed by atoms with Gasteiger partial charge in [0.25, 0.3) is 10.0 Å². The van der Waals surface area contributed by atoms with Crippen LogP contribution in [0.4, 0.5) is 4.79 Å². The van der Waals surface area contributed by atoms with E-state index in [-0.39, 0.29) is 4.90 Å². The van der Waals surface area contributed by atoms with Crippen molar-refractivity contribution in [3.8, 4) is 0 Å². The number of amides is 1. The fraction of sp³-hybridized carbons (Fsp3) is 0.750. The topological polar surface area (TPSA) is 122 Å². The summed E-state index contributed by atoms with van der Waals surface area (Å²) in [4.78, 5) is 15.1. The van der Waals surface area contributed by atoms with Gasteiger partial charge in [0.2, 0.25) is 0 Å². The average Bonchev–Trinajstić information content (AvgIpc) is 3.38. The van der Waals surface area contributed by atoms with E-state index in [1.54, 1.807) is 12.1 Å². The van der Waals surface area contributed by atoms with Crippen molar-refractivity contribution in [3.63, 3.8) is 0 Å². The lowest BCUT2D eigenvalue weighted by molar-refractivity contribution is -0.230. The summed E-state index contributed by atoms with van der Waals surface area (Å²) >= 11 is 0. The predicted octanol–water partition coefficient (Wildman–Crippen LogP) is 3.34. The number of nitrogens with zero attached hydrogens (tertiary/aromatic N) is 1. The fourth-order valence-corrected chi connectivity index (χ4v) is 6.09. The maximum atomic E-state index is 13.0. The van der Waals surface area contributed by atoms with E-state index in [9.17, 15) is 13.2 Å². The van der Waals surface area contributed by atoms with Crippen LogP contribution in [0.2, 0.25) is 0 Å². The van der Waals surface area contributed by atoms with Crippen LogP contribution in [0.25, 0.3) is 0 Å². The van der Waals surface area contributed by atoms with E-state index >= 15 is 0 Å². The summed E-state index contributed by atoms with van der Waals surface area (Å²) < 4.78 is 63.8. The second-order valence-electron chi connectivity index (χ2n) is 11.1. The molecule has 1 amide bonds. The Hall–Kier alpha value is -1.80. The molecule has 0 bridgehead atoms. The Balaban J connectivity index is 1.49. The zero-order valence-corrected chi connectivity index (χ0v) is 24.8. The molecule has 0 spiro atoms. The number of hydrogen-bond acceptors (Lipinski definition) is 10. The molecule has 0 radical (unpaired) electrons. The number of unbranched alkanes of at least 4 members (excludes halogenated alkanes) is 4. The maximum Gasteiger partial charge on any atom is 0.421 e. The number of nitrogens with one attached hydrogen (secondary N) is 1. The highest BCUT2D eigenvalue weighted by atomic mass is 32.2. The minimum Gasteiger partial charge on any atom is -0.441 e. The summed E-state index contributed by atoms with van der Waals surface area (Å²) in [5.41, 5.74) is 0.903. The third-order valence-electron chi connectivity index (χ3n) is 7.30. The molecule has 3 aliphatic rings. The van der Waals surface area contributed by atoms with Crippen molar-refractivity contribution in [2.75, 3.05) is 39.5 Å². The molecule has 1 unspecified atom stereocenters. The van der Waals surface area contributed by atoms with Crippen molar-refractivity contribution >= 4 is 16.1 Å². The third-order valence-corrected chi connectivity index (χ3v) is 8.63. The number of hydrogen-bond donors (Lipinski definition) is 1. The fourth-order valence-electron chi connectivity index (χ4n) is 5.21. The van der Waals surface area contributed by atoms with Crippen molar-refractivity contribution in [2.24, 2.45) is 0 Å². The lowest BCUT2D eigenvalue weighted by Gasteiger charge is -2.35. The standard InChI is InChI=1S/C28H44N2O9S/c1-5-6-7-8-9-16-35-24-23(37-26-25(24)38-28(3,4)39-26)22(19-30-14-17-34-18-15-30)36-27(31)29-40(32,33)21-12-10-20(2)11-13-21/h10-13,22-26H,5-9,14-19H2,1-4H3,(H,29,31)/t22?,23-,24+,25-,26-/m1/s1. The molecule has 3 aliphatic heterocycles. The van der Waals surface area contributed by atoms with Gasteiger partial charge in [-0.2, -0.15) is 0 Å². The second kappa shape index (κ2) is 13.9. The first-order valence-electron chi connectivity index (χ1n) is 14.3. The van der Waals surface area contributed by atoms with Crippen molar-refractivity contribution in [2.45, 2.75) is 101 Å². The van der Waals surface area contributed by atoms with Crippen LogP contribution in [0.3, 0.4) is 0 Å². The number of ether oxygens (including phenoxy) is 6. The van der Waals surface area contributed by atoms with Gasteiger partial charge in [-0.15, -0.1) is 0 Å². The number of rotatable bonds is 13. The van der Waals surface area contributed by atoms with Gasteiger partial charge in [-0.25, -0.2) is 17.9 Å². The molecular weight excluding hydrogens is 540 g/mol. The van der Waals surface area contributed by atoms with Crippen molar-refractivity contribution in [1.29, 1.82) is 0 Å². The van der Waals surface area contributed by atoms with Crippen LogP contribution in [0.1, 0.15) is 58.4 Å². The number of carbonyl (C=O) groups is 1. The first-order valence-corrected chi connectivity index (χ1v) is 15.8. The number of benzene rings is 1. The maximum absolute atomic E-state index is 13.0. The Kier molecular flexibility index (Phi) is 10.8. The zero-order valence-electron chi connectivity index (χ0n) is 24.0. The molecule has 226 valence electrons. The van der Waals surface area contributed by atoms with Crippen molar-refractivity contribution in [3.05, 3.63) is 29.8 Å². The first kappa shape index (κ1) is 31.1. The van der Waals surface area contributed by atoms with E-state index in [1.807, 2.05) is 25.5 Å². The Labute approximate surface area is 237 Å². The normalized spacial score (nSPS) is 27.3. The second-order valence-corrected chi connectivity index (χ2v) is 12.8. The molecule has 1 N–H and O–H groups in total. The van der Waals surface area contributed by atoms with Crippen LogP contribution in [-0.2, 0) is 38.4 Å². The Bertz CT molecular complexity index is 1060. The Morgan fingerprint density at radius 3 is 2.50 bits per heavy atom. The van der Waals surface area contributed by atoms with E-state index in [0.717, 1.165) is 31.2 Å². The highest BCUT2D eigenvalue weighted by Crippen LogP contribution is 2.40. The molecule has 4 rings (SSSR count). The molecule has 1 aromatic carbocycles. The summed E-state index contributed by atoms with van der Waals surface area (Å²) in [6, 6.07) is 6.21. The Morgan fingerprint density at radius 1 is 1.10 bits per heavy atom. The molecule has 40 heavy (non-hydrogen) atoms. The zero-order chi connectivity index (χ0) is 28.8. The number of carbonyl (C=O) groups excluding carboxylic acids is 1.